The Morgan fingerprint density at radius 3 is 2.62 bits per heavy atom. The molecule has 2 aromatic rings. The standard InChI is InChI=1S/C18H20FNO/c1-21-18-4-2-3-14(12-18)16-9-15(10-17(19)11-16)13-5-7-20-8-6-13/h2-4,9-13,20H,5-8H2,1H3. The van der Waals surface area contributed by atoms with E-state index in [9.17, 15) is 4.39 Å². The van der Waals surface area contributed by atoms with E-state index < -0.39 is 0 Å². The predicted molar refractivity (Wildman–Crippen MR) is 83.2 cm³/mol. The van der Waals surface area contributed by atoms with Gasteiger partial charge in [-0.25, -0.2) is 4.39 Å². The molecule has 21 heavy (non-hydrogen) atoms. The van der Waals surface area contributed by atoms with Crippen LogP contribution in [-0.2, 0) is 0 Å². The summed E-state index contributed by atoms with van der Waals surface area (Å²) < 4.78 is 19.3. The van der Waals surface area contributed by atoms with Gasteiger partial charge in [-0.2, -0.15) is 0 Å². The van der Waals surface area contributed by atoms with Crippen molar-refractivity contribution in [3.63, 3.8) is 0 Å². The summed E-state index contributed by atoms with van der Waals surface area (Å²) >= 11 is 0. The molecule has 0 spiro atoms. The van der Waals surface area contributed by atoms with Crippen LogP contribution >= 0.6 is 0 Å². The number of rotatable bonds is 3. The number of benzene rings is 2. The summed E-state index contributed by atoms with van der Waals surface area (Å²) in [5.74, 6) is 1.08. The van der Waals surface area contributed by atoms with Gasteiger partial charge in [-0.15, -0.1) is 0 Å². The maximum absolute atomic E-state index is 14.0. The highest BCUT2D eigenvalue weighted by atomic mass is 19.1. The summed E-state index contributed by atoms with van der Waals surface area (Å²) in [6.45, 7) is 2.02. The average Bonchev–Trinajstić information content (AvgIpc) is 2.55. The van der Waals surface area contributed by atoms with Crippen molar-refractivity contribution in [2.75, 3.05) is 20.2 Å². The number of nitrogens with one attached hydrogen (secondary N) is 1. The third kappa shape index (κ3) is 3.24. The molecule has 1 aliphatic heterocycles. The lowest BCUT2D eigenvalue weighted by molar-refractivity contribution is 0.415. The maximum Gasteiger partial charge on any atom is 0.124 e. The molecule has 0 radical (unpaired) electrons. The van der Waals surface area contributed by atoms with Crippen LogP contribution in [0.15, 0.2) is 42.5 Å². The number of hydrogen-bond acceptors (Lipinski definition) is 2. The third-order valence-electron chi connectivity index (χ3n) is 4.13. The lowest BCUT2D eigenvalue weighted by Crippen LogP contribution is -2.26. The molecule has 3 rings (SSSR count). The van der Waals surface area contributed by atoms with Crippen molar-refractivity contribution in [3.8, 4) is 16.9 Å². The molecule has 1 heterocycles. The lowest BCUT2D eigenvalue weighted by atomic mass is 9.88. The average molecular weight is 285 g/mol. The Balaban J connectivity index is 1.96. The van der Waals surface area contributed by atoms with E-state index in [0.29, 0.717) is 5.92 Å². The molecule has 2 nitrogen and oxygen atoms in total. The number of piperidine rings is 1. The Hall–Kier alpha value is -1.87. The van der Waals surface area contributed by atoms with Crippen LogP contribution in [0.5, 0.6) is 5.75 Å². The van der Waals surface area contributed by atoms with Crippen molar-refractivity contribution in [3.05, 3.63) is 53.8 Å². The van der Waals surface area contributed by atoms with Crippen molar-refractivity contribution in [1.29, 1.82) is 0 Å². The van der Waals surface area contributed by atoms with Gasteiger partial charge in [-0.1, -0.05) is 18.2 Å². The van der Waals surface area contributed by atoms with E-state index >= 15 is 0 Å². The Kier molecular flexibility index (Phi) is 4.20. The topological polar surface area (TPSA) is 21.3 Å². The molecule has 0 bridgehead atoms. The van der Waals surface area contributed by atoms with Crippen molar-refractivity contribution in [2.24, 2.45) is 0 Å². The van der Waals surface area contributed by atoms with Crippen molar-refractivity contribution < 1.29 is 9.13 Å². The Bertz CT molecular complexity index is 620. The van der Waals surface area contributed by atoms with Crippen LogP contribution in [0.1, 0.15) is 24.3 Å². The Morgan fingerprint density at radius 1 is 1.05 bits per heavy atom. The second-order valence-corrected chi connectivity index (χ2v) is 5.53. The van der Waals surface area contributed by atoms with Gasteiger partial charge < -0.3 is 10.1 Å². The Labute approximate surface area is 125 Å². The minimum Gasteiger partial charge on any atom is -0.497 e. The van der Waals surface area contributed by atoms with Gasteiger partial charge in [0.2, 0.25) is 0 Å². The molecule has 1 aliphatic rings. The van der Waals surface area contributed by atoms with E-state index in [-0.39, 0.29) is 5.82 Å². The van der Waals surface area contributed by atoms with E-state index in [1.807, 2.05) is 24.3 Å². The van der Waals surface area contributed by atoms with Crippen LogP contribution in [-0.4, -0.2) is 20.2 Å². The summed E-state index contributed by atoms with van der Waals surface area (Å²) in [5.41, 5.74) is 3.01. The molecule has 0 unspecified atom stereocenters. The number of methoxy groups -OCH3 is 1. The minimum absolute atomic E-state index is 0.163. The summed E-state index contributed by atoms with van der Waals surface area (Å²) in [4.78, 5) is 0. The molecule has 0 amide bonds. The van der Waals surface area contributed by atoms with Crippen LogP contribution in [0.4, 0.5) is 4.39 Å². The van der Waals surface area contributed by atoms with E-state index in [1.165, 1.54) is 0 Å². The molecule has 1 fully saturated rings. The summed E-state index contributed by atoms with van der Waals surface area (Å²) in [6, 6.07) is 13.2. The zero-order chi connectivity index (χ0) is 14.7. The molecular formula is C18H20FNO. The van der Waals surface area contributed by atoms with Gasteiger partial charge in [0.05, 0.1) is 7.11 Å². The maximum atomic E-state index is 14.0. The van der Waals surface area contributed by atoms with Crippen LogP contribution < -0.4 is 10.1 Å². The molecule has 0 atom stereocenters. The largest absolute Gasteiger partial charge is 0.497 e. The van der Waals surface area contributed by atoms with Gasteiger partial charge in [0.1, 0.15) is 11.6 Å². The van der Waals surface area contributed by atoms with Gasteiger partial charge >= 0.3 is 0 Å². The van der Waals surface area contributed by atoms with E-state index in [1.54, 1.807) is 19.2 Å². The first kappa shape index (κ1) is 14.1. The molecule has 1 N–H and O–H groups in total. The van der Waals surface area contributed by atoms with E-state index in [0.717, 1.165) is 48.4 Å². The lowest BCUT2D eigenvalue weighted by Gasteiger charge is -2.23. The summed E-state index contributed by atoms with van der Waals surface area (Å²) in [6.07, 6.45) is 2.14. The van der Waals surface area contributed by atoms with Gasteiger partial charge in [0.25, 0.3) is 0 Å². The fraction of sp³-hybridized carbons (Fsp3) is 0.333. The first-order chi connectivity index (χ1) is 10.3. The van der Waals surface area contributed by atoms with Crippen LogP contribution in [0.3, 0.4) is 0 Å². The summed E-state index contributed by atoms with van der Waals surface area (Å²) in [5, 5.41) is 3.35. The number of ether oxygens (including phenoxy) is 1. The van der Waals surface area contributed by atoms with E-state index in [2.05, 4.69) is 11.4 Å². The molecule has 0 saturated carbocycles. The zero-order valence-electron chi connectivity index (χ0n) is 12.2. The van der Waals surface area contributed by atoms with Gasteiger partial charge in [-0.05, 0) is 72.8 Å². The fourth-order valence-electron chi connectivity index (χ4n) is 2.97. The van der Waals surface area contributed by atoms with Crippen molar-refractivity contribution in [2.45, 2.75) is 18.8 Å². The second kappa shape index (κ2) is 6.27. The SMILES string of the molecule is COc1cccc(-c2cc(F)cc(C3CCNCC3)c2)c1. The van der Waals surface area contributed by atoms with Crippen LogP contribution in [0.2, 0.25) is 0 Å². The molecule has 0 aromatic heterocycles. The molecule has 1 saturated heterocycles. The quantitative estimate of drug-likeness (QED) is 0.921. The van der Waals surface area contributed by atoms with Gasteiger partial charge in [0.15, 0.2) is 0 Å². The molecule has 0 aliphatic carbocycles. The molecule has 110 valence electrons. The molecule has 2 aromatic carbocycles. The molecular weight excluding hydrogens is 265 g/mol. The number of hydrogen-bond donors (Lipinski definition) is 1. The fourth-order valence-corrected chi connectivity index (χ4v) is 2.97. The monoisotopic (exact) mass is 285 g/mol. The number of halogens is 1. The minimum atomic E-state index is -0.163. The van der Waals surface area contributed by atoms with Crippen molar-refractivity contribution >= 4 is 0 Å². The highest BCUT2D eigenvalue weighted by Crippen LogP contribution is 2.31. The third-order valence-corrected chi connectivity index (χ3v) is 4.13. The van der Waals surface area contributed by atoms with E-state index in [4.69, 9.17) is 4.74 Å². The van der Waals surface area contributed by atoms with Crippen molar-refractivity contribution in [1.82, 2.24) is 5.32 Å². The smallest absolute Gasteiger partial charge is 0.124 e. The van der Waals surface area contributed by atoms with Gasteiger partial charge in [-0.3, -0.25) is 0 Å². The highest BCUT2D eigenvalue weighted by molar-refractivity contribution is 5.66. The normalized spacial score (nSPS) is 15.9. The first-order valence-corrected chi connectivity index (χ1v) is 7.42. The van der Waals surface area contributed by atoms with Crippen LogP contribution in [0.25, 0.3) is 11.1 Å². The van der Waals surface area contributed by atoms with Gasteiger partial charge in [0, 0.05) is 0 Å². The zero-order valence-corrected chi connectivity index (χ0v) is 12.2. The highest BCUT2D eigenvalue weighted by Gasteiger charge is 2.16. The second-order valence-electron chi connectivity index (χ2n) is 5.53. The summed E-state index contributed by atoms with van der Waals surface area (Å²) in [7, 11) is 1.64. The first-order valence-electron chi connectivity index (χ1n) is 7.42. The predicted octanol–water partition coefficient (Wildman–Crippen LogP) is 3.97. The Morgan fingerprint density at radius 2 is 1.86 bits per heavy atom. The van der Waals surface area contributed by atoms with Crippen LogP contribution in [0, 0.1) is 5.82 Å². The molecule has 3 heteroatoms.